The van der Waals surface area contributed by atoms with Crippen molar-refractivity contribution in [3.63, 3.8) is 0 Å². The van der Waals surface area contributed by atoms with Gasteiger partial charge in [-0.2, -0.15) is 0 Å². The van der Waals surface area contributed by atoms with Gasteiger partial charge in [0.25, 0.3) is 0 Å². The standard InChI is InChI=1S/C17H16O2/c18-14-9-13(10-4-2-1-3-5-10)17(19)16-12-7-6-11(8-12)15(14)16/h1-5,9,11-12,18-19H,6-8H2/t11-,12+/m1/s1. The van der Waals surface area contributed by atoms with Crippen LogP contribution in [0.5, 0.6) is 11.5 Å². The van der Waals surface area contributed by atoms with Crippen LogP contribution in [0.25, 0.3) is 11.1 Å². The summed E-state index contributed by atoms with van der Waals surface area (Å²) in [6.07, 6.45) is 3.38. The Morgan fingerprint density at radius 3 is 2.32 bits per heavy atom. The van der Waals surface area contributed by atoms with Gasteiger partial charge in [0.05, 0.1) is 0 Å². The Hall–Kier alpha value is -1.96. The Kier molecular flexibility index (Phi) is 2.16. The average molecular weight is 252 g/mol. The van der Waals surface area contributed by atoms with Crippen LogP contribution in [-0.2, 0) is 0 Å². The van der Waals surface area contributed by atoms with Gasteiger partial charge in [0.2, 0.25) is 0 Å². The maximum atomic E-state index is 10.6. The van der Waals surface area contributed by atoms with Crippen LogP contribution in [0.2, 0.25) is 0 Å². The van der Waals surface area contributed by atoms with Crippen molar-refractivity contribution in [3.05, 3.63) is 47.5 Å². The van der Waals surface area contributed by atoms with E-state index >= 15 is 0 Å². The van der Waals surface area contributed by atoms with E-state index in [1.54, 1.807) is 6.07 Å². The average Bonchev–Trinajstić information content (AvgIpc) is 3.05. The first kappa shape index (κ1) is 10.9. The molecular formula is C17H16O2. The highest BCUT2D eigenvalue weighted by molar-refractivity contribution is 5.76. The number of hydrogen-bond acceptors (Lipinski definition) is 2. The van der Waals surface area contributed by atoms with Gasteiger partial charge in [-0.15, -0.1) is 0 Å². The summed E-state index contributed by atoms with van der Waals surface area (Å²) in [5.41, 5.74) is 3.73. The molecule has 0 radical (unpaired) electrons. The molecule has 2 bridgehead atoms. The summed E-state index contributed by atoms with van der Waals surface area (Å²) in [4.78, 5) is 0. The molecule has 2 heteroatoms. The van der Waals surface area contributed by atoms with Crippen LogP contribution >= 0.6 is 0 Å². The van der Waals surface area contributed by atoms with Crippen LogP contribution in [0.3, 0.4) is 0 Å². The van der Waals surface area contributed by atoms with Crippen molar-refractivity contribution < 1.29 is 10.2 Å². The smallest absolute Gasteiger partial charge is 0.127 e. The second-order valence-corrected chi connectivity index (χ2v) is 5.69. The minimum atomic E-state index is 0.360. The minimum Gasteiger partial charge on any atom is -0.508 e. The zero-order valence-corrected chi connectivity index (χ0v) is 10.6. The molecule has 19 heavy (non-hydrogen) atoms. The lowest BCUT2D eigenvalue weighted by atomic mass is 9.87. The third-order valence-electron chi connectivity index (χ3n) is 4.69. The molecule has 1 fully saturated rings. The highest BCUT2D eigenvalue weighted by Crippen LogP contribution is 2.60. The quantitative estimate of drug-likeness (QED) is 0.749. The molecule has 0 heterocycles. The molecule has 0 saturated heterocycles. The Morgan fingerprint density at radius 1 is 0.895 bits per heavy atom. The number of fused-ring (bicyclic) bond motifs is 5. The first-order valence-electron chi connectivity index (χ1n) is 6.90. The predicted octanol–water partition coefficient (Wildman–Crippen LogP) is 4.13. The fourth-order valence-corrected chi connectivity index (χ4v) is 3.88. The van der Waals surface area contributed by atoms with Gasteiger partial charge in [0, 0.05) is 16.7 Å². The third kappa shape index (κ3) is 1.43. The monoisotopic (exact) mass is 252 g/mol. The van der Waals surface area contributed by atoms with Crippen LogP contribution in [0.1, 0.15) is 42.2 Å². The van der Waals surface area contributed by atoms with Crippen molar-refractivity contribution >= 4 is 0 Å². The molecule has 1 saturated carbocycles. The molecule has 0 aliphatic heterocycles. The first-order chi connectivity index (χ1) is 9.25. The zero-order chi connectivity index (χ0) is 13.0. The molecule has 2 nitrogen and oxygen atoms in total. The molecule has 2 aromatic carbocycles. The summed E-state index contributed by atoms with van der Waals surface area (Å²) in [5.74, 6) is 1.63. The van der Waals surface area contributed by atoms with E-state index < -0.39 is 0 Å². The lowest BCUT2D eigenvalue weighted by molar-refractivity contribution is 0.444. The zero-order valence-electron chi connectivity index (χ0n) is 10.6. The Balaban J connectivity index is 1.97. The number of rotatable bonds is 1. The lowest BCUT2D eigenvalue weighted by Crippen LogP contribution is -2.00. The van der Waals surface area contributed by atoms with Crippen molar-refractivity contribution in [3.8, 4) is 22.6 Å². The van der Waals surface area contributed by atoms with Crippen LogP contribution in [0, 0.1) is 0 Å². The second-order valence-electron chi connectivity index (χ2n) is 5.69. The van der Waals surface area contributed by atoms with Crippen LogP contribution in [-0.4, -0.2) is 10.2 Å². The van der Waals surface area contributed by atoms with E-state index in [2.05, 4.69) is 0 Å². The van der Waals surface area contributed by atoms with Gasteiger partial charge in [0.15, 0.2) is 0 Å². The van der Waals surface area contributed by atoms with Crippen molar-refractivity contribution in [2.75, 3.05) is 0 Å². The van der Waals surface area contributed by atoms with Gasteiger partial charge in [-0.3, -0.25) is 0 Å². The van der Waals surface area contributed by atoms with E-state index in [1.807, 2.05) is 30.3 Å². The van der Waals surface area contributed by atoms with Crippen LogP contribution < -0.4 is 0 Å². The van der Waals surface area contributed by atoms with Gasteiger partial charge >= 0.3 is 0 Å². The number of benzene rings is 2. The molecular weight excluding hydrogens is 236 g/mol. The summed E-state index contributed by atoms with van der Waals surface area (Å²) in [7, 11) is 0. The topological polar surface area (TPSA) is 40.5 Å². The number of hydrogen-bond donors (Lipinski definition) is 2. The molecule has 2 aromatic rings. The van der Waals surface area contributed by atoms with Gasteiger partial charge < -0.3 is 10.2 Å². The molecule has 4 rings (SSSR count). The van der Waals surface area contributed by atoms with E-state index in [0.29, 0.717) is 23.3 Å². The second kappa shape index (κ2) is 3.77. The van der Waals surface area contributed by atoms with Gasteiger partial charge in [-0.05, 0) is 42.7 Å². The lowest BCUT2D eigenvalue weighted by Gasteiger charge is -2.20. The van der Waals surface area contributed by atoms with Gasteiger partial charge in [-0.25, -0.2) is 0 Å². The van der Waals surface area contributed by atoms with E-state index in [9.17, 15) is 10.2 Å². The van der Waals surface area contributed by atoms with Gasteiger partial charge in [0.1, 0.15) is 11.5 Å². The van der Waals surface area contributed by atoms with E-state index in [0.717, 1.165) is 41.5 Å². The molecule has 96 valence electrons. The van der Waals surface area contributed by atoms with Crippen molar-refractivity contribution in [2.45, 2.75) is 31.1 Å². The molecule has 0 aromatic heterocycles. The Labute approximate surface area is 112 Å². The number of phenols is 2. The number of phenolic OH excluding ortho intramolecular Hbond substituents is 2. The third-order valence-corrected chi connectivity index (χ3v) is 4.69. The molecule has 2 aliphatic rings. The van der Waals surface area contributed by atoms with Gasteiger partial charge in [-0.1, -0.05) is 30.3 Å². The molecule has 0 amide bonds. The van der Waals surface area contributed by atoms with Crippen LogP contribution in [0.15, 0.2) is 36.4 Å². The maximum Gasteiger partial charge on any atom is 0.127 e. The summed E-state index contributed by atoms with van der Waals surface area (Å²) >= 11 is 0. The van der Waals surface area contributed by atoms with Crippen molar-refractivity contribution in [2.24, 2.45) is 0 Å². The summed E-state index contributed by atoms with van der Waals surface area (Å²) < 4.78 is 0. The van der Waals surface area contributed by atoms with Crippen molar-refractivity contribution in [1.82, 2.24) is 0 Å². The highest BCUT2D eigenvalue weighted by Gasteiger charge is 2.41. The van der Waals surface area contributed by atoms with Crippen molar-refractivity contribution in [1.29, 1.82) is 0 Å². The Morgan fingerprint density at radius 2 is 1.58 bits per heavy atom. The van der Waals surface area contributed by atoms with E-state index in [1.165, 1.54) is 0 Å². The summed E-state index contributed by atoms with van der Waals surface area (Å²) in [5, 5.41) is 20.9. The molecule has 2 atom stereocenters. The normalized spacial score (nSPS) is 23.6. The summed E-state index contributed by atoms with van der Waals surface area (Å²) in [6.45, 7) is 0. The molecule has 2 N–H and O–H groups in total. The molecule has 0 unspecified atom stereocenters. The minimum absolute atomic E-state index is 0.360. The van der Waals surface area contributed by atoms with Crippen LogP contribution in [0.4, 0.5) is 0 Å². The van der Waals surface area contributed by atoms with E-state index in [4.69, 9.17) is 0 Å². The highest BCUT2D eigenvalue weighted by atomic mass is 16.3. The predicted molar refractivity (Wildman–Crippen MR) is 74.5 cm³/mol. The van der Waals surface area contributed by atoms with E-state index in [-0.39, 0.29) is 0 Å². The fourth-order valence-electron chi connectivity index (χ4n) is 3.88. The largest absolute Gasteiger partial charge is 0.508 e. The maximum absolute atomic E-state index is 10.6. The molecule has 0 spiro atoms. The SMILES string of the molecule is Oc1cc(-c2ccccc2)c(O)c2c1[C@@H]1CC[C@H]2C1. The summed E-state index contributed by atoms with van der Waals surface area (Å²) in [6, 6.07) is 11.5. The number of aromatic hydroxyl groups is 2. The first-order valence-corrected chi connectivity index (χ1v) is 6.90. The Bertz CT molecular complexity index is 646. The molecule has 2 aliphatic carbocycles. The fraction of sp³-hybridized carbons (Fsp3) is 0.294.